The van der Waals surface area contributed by atoms with Crippen molar-refractivity contribution in [3.63, 3.8) is 0 Å². The number of amides is 1. The van der Waals surface area contributed by atoms with Crippen LogP contribution in [0.15, 0.2) is 53.4 Å². The standard InChI is InChI=1S/C14H12FNO4S/c1-10-9-12(7-8-13(10)21(15,19)20)16(14(17)18)11-5-3-2-4-6-11/h2-9H,1H3,(H,17,18). The first-order valence-corrected chi connectivity index (χ1v) is 7.32. The Morgan fingerprint density at radius 1 is 1.10 bits per heavy atom. The summed E-state index contributed by atoms with van der Waals surface area (Å²) in [6.45, 7) is 1.40. The maximum atomic E-state index is 13.0. The predicted molar refractivity (Wildman–Crippen MR) is 76.1 cm³/mol. The minimum Gasteiger partial charge on any atom is -0.464 e. The number of rotatable bonds is 3. The number of hydrogen-bond donors (Lipinski definition) is 1. The molecule has 0 radical (unpaired) electrons. The van der Waals surface area contributed by atoms with Crippen LogP contribution in [0.2, 0.25) is 0 Å². The van der Waals surface area contributed by atoms with Crippen LogP contribution in [0.5, 0.6) is 0 Å². The van der Waals surface area contributed by atoms with Crippen molar-refractivity contribution in [3.05, 3.63) is 54.1 Å². The molecule has 1 amide bonds. The molecule has 0 unspecified atom stereocenters. The van der Waals surface area contributed by atoms with Gasteiger partial charge in [-0.2, -0.15) is 8.42 Å². The molecule has 5 nitrogen and oxygen atoms in total. The SMILES string of the molecule is Cc1cc(N(C(=O)O)c2ccccc2)ccc1S(=O)(=O)F. The Bertz CT molecular complexity index is 775. The largest absolute Gasteiger partial charge is 0.464 e. The summed E-state index contributed by atoms with van der Waals surface area (Å²) in [5.41, 5.74) is 0.774. The first-order chi connectivity index (χ1) is 9.80. The van der Waals surface area contributed by atoms with E-state index in [9.17, 15) is 22.2 Å². The van der Waals surface area contributed by atoms with Crippen molar-refractivity contribution in [1.82, 2.24) is 0 Å². The average molecular weight is 309 g/mol. The Labute approximate surface area is 121 Å². The van der Waals surface area contributed by atoms with Gasteiger partial charge in [-0.25, -0.2) is 9.69 Å². The zero-order chi connectivity index (χ0) is 15.6. The molecule has 0 saturated carbocycles. The van der Waals surface area contributed by atoms with Gasteiger partial charge >= 0.3 is 16.3 Å². The summed E-state index contributed by atoms with van der Waals surface area (Å²) in [6, 6.07) is 11.9. The van der Waals surface area contributed by atoms with Crippen LogP contribution < -0.4 is 4.90 Å². The Hall–Kier alpha value is -2.41. The van der Waals surface area contributed by atoms with Crippen LogP contribution in [-0.4, -0.2) is 19.6 Å². The van der Waals surface area contributed by atoms with Crippen molar-refractivity contribution in [2.24, 2.45) is 0 Å². The molecular weight excluding hydrogens is 297 g/mol. The number of benzene rings is 2. The highest BCUT2D eigenvalue weighted by Gasteiger charge is 2.20. The van der Waals surface area contributed by atoms with E-state index in [-0.39, 0.29) is 11.3 Å². The lowest BCUT2D eigenvalue weighted by Gasteiger charge is -2.20. The Morgan fingerprint density at radius 2 is 1.71 bits per heavy atom. The first kappa shape index (κ1) is 15.0. The van der Waals surface area contributed by atoms with Crippen LogP contribution in [0.3, 0.4) is 0 Å². The second kappa shape index (κ2) is 5.53. The molecule has 21 heavy (non-hydrogen) atoms. The van der Waals surface area contributed by atoms with Gasteiger partial charge in [-0.1, -0.05) is 18.2 Å². The predicted octanol–water partition coefficient (Wildman–Crippen LogP) is 3.47. The van der Waals surface area contributed by atoms with E-state index < -0.39 is 21.2 Å². The number of aryl methyl sites for hydroxylation is 1. The number of carboxylic acid groups (broad SMARTS) is 1. The summed E-state index contributed by atoms with van der Waals surface area (Å²) in [5.74, 6) is 0. The summed E-state index contributed by atoms with van der Waals surface area (Å²) in [4.78, 5) is 11.9. The van der Waals surface area contributed by atoms with E-state index in [0.717, 1.165) is 11.0 Å². The van der Waals surface area contributed by atoms with Gasteiger partial charge in [-0.3, -0.25) is 0 Å². The molecule has 0 spiro atoms. The summed E-state index contributed by atoms with van der Waals surface area (Å²) in [6.07, 6.45) is -1.23. The van der Waals surface area contributed by atoms with Crippen LogP contribution >= 0.6 is 0 Å². The van der Waals surface area contributed by atoms with Crippen LogP contribution in [0.1, 0.15) is 5.56 Å². The Kier molecular flexibility index (Phi) is 3.95. The molecule has 0 aliphatic heterocycles. The zero-order valence-electron chi connectivity index (χ0n) is 11.0. The van der Waals surface area contributed by atoms with E-state index in [2.05, 4.69) is 0 Å². The Morgan fingerprint density at radius 3 is 2.19 bits per heavy atom. The zero-order valence-corrected chi connectivity index (χ0v) is 11.8. The molecule has 2 aromatic carbocycles. The third kappa shape index (κ3) is 3.19. The van der Waals surface area contributed by atoms with Gasteiger partial charge in [-0.15, -0.1) is 3.89 Å². The molecule has 0 heterocycles. The van der Waals surface area contributed by atoms with E-state index in [1.807, 2.05) is 0 Å². The van der Waals surface area contributed by atoms with Crippen molar-refractivity contribution in [1.29, 1.82) is 0 Å². The topological polar surface area (TPSA) is 74.7 Å². The monoisotopic (exact) mass is 309 g/mol. The van der Waals surface area contributed by atoms with E-state index in [1.54, 1.807) is 30.3 Å². The van der Waals surface area contributed by atoms with E-state index in [4.69, 9.17) is 0 Å². The fourth-order valence-electron chi connectivity index (χ4n) is 1.99. The minimum atomic E-state index is -4.83. The highest BCUT2D eigenvalue weighted by molar-refractivity contribution is 7.86. The molecule has 0 fully saturated rings. The fourth-order valence-corrected chi connectivity index (χ4v) is 2.67. The summed E-state index contributed by atoms with van der Waals surface area (Å²) >= 11 is 0. The normalized spacial score (nSPS) is 11.1. The van der Waals surface area contributed by atoms with Crippen molar-refractivity contribution in [3.8, 4) is 0 Å². The fraction of sp³-hybridized carbons (Fsp3) is 0.0714. The van der Waals surface area contributed by atoms with Gasteiger partial charge in [0.1, 0.15) is 4.90 Å². The van der Waals surface area contributed by atoms with Gasteiger partial charge in [0.15, 0.2) is 0 Å². The quantitative estimate of drug-likeness (QED) is 0.881. The lowest BCUT2D eigenvalue weighted by Crippen LogP contribution is -2.23. The molecule has 0 aliphatic rings. The molecule has 1 N–H and O–H groups in total. The van der Waals surface area contributed by atoms with Crippen molar-refractivity contribution in [2.75, 3.05) is 4.90 Å². The van der Waals surface area contributed by atoms with Crippen LogP contribution in [0.4, 0.5) is 20.1 Å². The van der Waals surface area contributed by atoms with Crippen LogP contribution in [0, 0.1) is 6.92 Å². The summed E-state index contributed by atoms with van der Waals surface area (Å²) in [5, 5.41) is 9.33. The molecule has 0 aliphatic carbocycles. The van der Waals surface area contributed by atoms with Crippen molar-refractivity contribution < 1.29 is 22.2 Å². The highest BCUT2D eigenvalue weighted by Crippen LogP contribution is 2.29. The lowest BCUT2D eigenvalue weighted by atomic mass is 10.2. The van der Waals surface area contributed by atoms with Gasteiger partial charge in [0.25, 0.3) is 0 Å². The van der Waals surface area contributed by atoms with Crippen LogP contribution in [-0.2, 0) is 10.2 Å². The maximum absolute atomic E-state index is 13.0. The highest BCUT2D eigenvalue weighted by atomic mass is 32.3. The molecule has 0 saturated heterocycles. The second-order valence-electron chi connectivity index (χ2n) is 4.34. The van der Waals surface area contributed by atoms with Gasteiger partial charge in [0, 0.05) is 0 Å². The lowest BCUT2D eigenvalue weighted by molar-refractivity contribution is 0.205. The molecule has 110 valence electrons. The average Bonchev–Trinajstić information content (AvgIpc) is 2.38. The number of halogens is 1. The van der Waals surface area contributed by atoms with E-state index in [1.165, 1.54) is 19.1 Å². The van der Waals surface area contributed by atoms with E-state index in [0.29, 0.717) is 5.69 Å². The molecule has 2 rings (SSSR count). The molecular formula is C14H12FNO4S. The van der Waals surface area contributed by atoms with Gasteiger partial charge in [0.05, 0.1) is 11.4 Å². The number of carbonyl (C=O) groups is 1. The number of anilines is 2. The molecule has 7 heteroatoms. The Balaban J connectivity index is 2.54. The van der Waals surface area contributed by atoms with Gasteiger partial charge < -0.3 is 5.11 Å². The maximum Gasteiger partial charge on any atom is 0.416 e. The summed E-state index contributed by atoms with van der Waals surface area (Å²) < 4.78 is 34.9. The van der Waals surface area contributed by atoms with Crippen molar-refractivity contribution in [2.45, 2.75) is 11.8 Å². The third-order valence-electron chi connectivity index (χ3n) is 2.89. The van der Waals surface area contributed by atoms with Crippen molar-refractivity contribution >= 4 is 27.7 Å². The summed E-state index contributed by atoms with van der Waals surface area (Å²) in [7, 11) is -4.83. The van der Waals surface area contributed by atoms with Gasteiger partial charge in [0.2, 0.25) is 0 Å². The minimum absolute atomic E-state index is 0.136. The van der Waals surface area contributed by atoms with E-state index >= 15 is 0 Å². The van der Waals surface area contributed by atoms with Crippen LogP contribution in [0.25, 0.3) is 0 Å². The molecule has 0 atom stereocenters. The third-order valence-corrected chi connectivity index (χ3v) is 3.87. The number of hydrogen-bond acceptors (Lipinski definition) is 3. The number of para-hydroxylation sites is 1. The smallest absolute Gasteiger partial charge is 0.416 e. The van der Waals surface area contributed by atoms with Gasteiger partial charge in [-0.05, 0) is 42.8 Å². The second-order valence-corrected chi connectivity index (χ2v) is 5.66. The molecule has 0 aromatic heterocycles. The first-order valence-electron chi connectivity index (χ1n) is 5.94. The number of nitrogens with zero attached hydrogens (tertiary/aromatic N) is 1. The molecule has 2 aromatic rings. The molecule has 0 bridgehead atoms.